The largest absolute Gasteiger partial charge is 0.409 e. The van der Waals surface area contributed by atoms with Gasteiger partial charge < -0.3 is 20.8 Å². The molecule has 0 saturated heterocycles. The Hall–Kier alpha value is -1.63. The monoisotopic (exact) mass is 227 g/mol. The summed E-state index contributed by atoms with van der Waals surface area (Å²) < 4.78 is 4.84. The topological polar surface area (TPSA) is 110 Å². The molecule has 0 amide bonds. The van der Waals surface area contributed by atoms with E-state index in [-0.39, 0.29) is 5.84 Å². The van der Waals surface area contributed by atoms with E-state index >= 15 is 0 Å². The summed E-state index contributed by atoms with van der Waals surface area (Å²) in [6.45, 7) is 3.36. The second-order valence-electron chi connectivity index (χ2n) is 3.42. The highest BCUT2D eigenvalue weighted by molar-refractivity contribution is 5.79. The number of aryl methyl sites for hydroxylation is 1. The minimum Gasteiger partial charge on any atom is -0.409 e. The number of amidine groups is 1. The van der Waals surface area contributed by atoms with Gasteiger partial charge in [-0.05, 0) is 13.0 Å². The maximum Gasteiger partial charge on any atom is 0.223 e. The number of hydrogen-bond donors (Lipinski definition) is 3. The van der Waals surface area contributed by atoms with Gasteiger partial charge in [0.05, 0.1) is 0 Å². The van der Waals surface area contributed by atoms with E-state index in [1.165, 1.54) is 0 Å². The molecule has 7 heteroatoms. The SMILES string of the molecule is Cc1nc(CCNCCCC(N)=NO)no1. The van der Waals surface area contributed by atoms with Gasteiger partial charge in [0.25, 0.3) is 0 Å². The number of nitrogens with zero attached hydrogens (tertiary/aromatic N) is 3. The highest BCUT2D eigenvalue weighted by Crippen LogP contribution is 1.94. The van der Waals surface area contributed by atoms with Crippen molar-refractivity contribution in [2.45, 2.75) is 26.2 Å². The molecule has 0 bridgehead atoms. The molecule has 7 nitrogen and oxygen atoms in total. The molecule has 4 N–H and O–H groups in total. The van der Waals surface area contributed by atoms with Crippen LogP contribution in [0.2, 0.25) is 0 Å². The summed E-state index contributed by atoms with van der Waals surface area (Å²) in [6, 6.07) is 0. The zero-order valence-corrected chi connectivity index (χ0v) is 9.31. The summed E-state index contributed by atoms with van der Waals surface area (Å²) >= 11 is 0. The van der Waals surface area contributed by atoms with Crippen LogP contribution < -0.4 is 11.1 Å². The summed E-state index contributed by atoms with van der Waals surface area (Å²) in [6.07, 6.45) is 2.16. The van der Waals surface area contributed by atoms with Crippen molar-refractivity contribution in [3.8, 4) is 0 Å². The molecule has 90 valence electrons. The van der Waals surface area contributed by atoms with Crippen LogP contribution in [0.25, 0.3) is 0 Å². The quantitative estimate of drug-likeness (QED) is 0.199. The Morgan fingerprint density at radius 3 is 3.00 bits per heavy atom. The lowest BCUT2D eigenvalue weighted by molar-refractivity contribution is 0.316. The van der Waals surface area contributed by atoms with Crippen LogP contribution >= 0.6 is 0 Å². The summed E-state index contributed by atoms with van der Waals surface area (Å²) in [4.78, 5) is 4.08. The smallest absolute Gasteiger partial charge is 0.223 e. The molecule has 0 aromatic carbocycles. The number of aromatic nitrogens is 2. The standard InChI is InChI=1S/C9H17N5O2/c1-7-12-9(14-16-7)4-6-11-5-2-3-8(10)13-15/h11,15H,2-6H2,1H3,(H2,10,13). The van der Waals surface area contributed by atoms with Crippen molar-refractivity contribution in [2.75, 3.05) is 13.1 Å². The molecular formula is C9H17N5O2. The first kappa shape index (κ1) is 12.4. The van der Waals surface area contributed by atoms with E-state index in [0.29, 0.717) is 18.1 Å². The summed E-state index contributed by atoms with van der Waals surface area (Å²) in [5, 5.41) is 18.2. The lowest BCUT2D eigenvalue weighted by Gasteiger charge is -2.01. The predicted molar refractivity (Wildman–Crippen MR) is 58.3 cm³/mol. The minimum absolute atomic E-state index is 0.260. The van der Waals surface area contributed by atoms with Gasteiger partial charge in [0.15, 0.2) is 5.82 Å². The maximum atomic E-state index is 8.30. The molecule has 0 fully saturated rings. The van der Waals surface area contributed by atoms with Gasteiger partial charge in [-0.1, -0.05) is 10.3 Å². The molecule has 1 heterocycles. The molecule has 0 aliphatic carbocycles. The van der Waals surface area contributed by atoms with E-state index in [9.17, 15) is 0 Å². The second-order valence-corrected chi connectivity index (χ2v) is 3.42. The van der Waals surface area contributed by atoms with Gasteiger partial charge in [-0.2, -0.15) is 4.98 Å². The van der Waals surface area contributed by atoms with Crippen molar-refractivity contribution in [2.24, 2.45) is 10.9 Å². The normalized spacial score (nSPS) is 11.9. The van der Waals surface area contributed by atoms with Gasteiger partial charge in [-0.25, -0.2) is 0 Å². The number of oxime groups is 1. The molecule has 1 rings (SSSR count). The average Bonchev–Trinajstić information content (AvgIpc) is 2.69. The molecule has 0 aliphatic heterocycles. The van der Waals surface area contributed by atoms with Gasteiger partial charge in [0.1, 0.15) is 5.84 Å². The van der Waals surface area contributed by atoms with Crippen LogP contribution in [0, 0.1) is 6.92 Å². The first-order valence-electron chi connectivity index (χ1n) is 5.18. The van der Waals surface area contributed by atoms with Crippen molar-refractivity contribution < 1.29 is 9.73 Å². The fraction of sp³-hybridized carbons (Fsp3) is 0.667. The Morgan fingerprint density at radius 2 is 2.38 bits per heavy atom. The third-order valence-corrected chi connectivity index (χ3v) is 2.01. The molecule has 1 aromatic heterocycles. The van der Waals surface area contributed by atoms with Gasteiger partial charge in [-0.15, -0.1) is 0 Å². The van der Waals surface area contributed by atoms with E-state index in [1.807, 2.05) is 0 Å². The summed E-state index contributed by atoms with van der Waals surface area (Å²) in [7, 11) is 0. The zero-order valence-electron chi connectivity index (χ0n) is 9.31. The first-order valence-corrected chi connectivity index (χ1v) is 5.18. The van der Waals surface area contributed by atoms with Crippen LogP contribution in [0.1, 0.15) is 24.6 Å². The second kappa shape index (κ2) is 6.78. The van der Waals surface area contributed by atoms with Crippen molar-refractivity contribution in [1.82, 2.24) is 15.5 Å². The molecule has 0 aliphatic rings. The van der Waals surface area contributed by atoms with Crippen LogP contribution in [0.4, 0.5) is 0 Å². The molecule has 0 saturated carbocycles. The number of nitrogens with one attached hydrogen (secondary N) is 1. The third-order valence-electron chi connectivity index (χ3n) is 2.01. The first-order chi connectivity index (χ1) is 7.72. The van der Waals surface area contributed by atoms with Crippen molar-refractivity contribution in [3.05, 3.63) is 11.7 Å². The highest BCUT2D eigenvalue weighted by atomic mass is 16.5. The van der Waals surface area contributed by atoms with Gasteiger partial charge >= 0.3 is 0 Å². The highest BCUT2D eigenvalue weighted by Gasteiger charge is 2.00. The number of rotatable bonds is 7. The van der Waals surface area contributed by atoms with Gasteiger partial charge in [-0.3, -0.25) is 0 Å². The van der Waals surface area contributed by atoms with Crippen LogP contribution in [0.3, 0.4) is 0 Å². The zero-order chi connectivity index (χ0) is 11.8. The molecule has 0 radical (unpaired) electrons. The molecule has 1 aromatic rings. The molecule has 0 spiro atoms. The Bertz CT molecular complexity index is 336. The van der Waals surface area contributed by atoms with Crippen LogP contribution in [-0.4, -0.2) is 34.3 Å². The predicted octanol–water partition coefficient (Wildman–Crippen LogP) is 0.0367. The number of nitrogens with two attached hydrogens (primary N) is 1. The Morgan fingerprint density at radius 1 is 1.56 bits per heavy atom. The van der Waals surface area contributed by atoms with Gasteiger partial charge in [0, 0.05) is 26.3 Å². The number of hydrogen-bond acceptors (Lipinski definition) is 6. The van der Waals surface area contributed by atoms with Crippen LogP contribution in [0.5, 0.6) is 0 Å². The Balaban J connectivity index is 2.00. The fourth-order valence-corrected chi connectivity index (χ4v) is 1.21. The Kier molecular flexibility index (Phi) is 5.27. The third kappa shape index (κ3) is 4.74. The van der Waals surface area contributed by atoms with E-state index < -0.39 is 0 Å². The Labute approximate surface area is 93.7 Å². The van der Waals surface area contributed by atoms with E-state index in [0.717, 1.165) is 25.9 Å². The molecule has 16 heavy (non-hydrogen) atoms. The van der Waals surface area contributed by atoms with Crippen LogP contribution in [0.15, 0.2) is 9.68 Å². The molecule has 0 unspecified atom stereocenters. The van der Waals surface area contributed by atoms with Crippen molar-refractivity contribution in [3.63, 3.8) is 0 Å². The lowest BCUT2D eigenvalue weighted by atomic mass is 10.3. The maximum absolute atomic E-state index is 8.30. The van der Waals surface area contributed by atoms with Crippen LogP contribution in [-0.2, 0) is 6.42 Å². The molecule has 0 atom stereocenters. The van der Waals surface area contributed by atoms with Gasteiger partial charge in [0.2, 0.25) is 5.89 Å². The fourth-order valence-electron chi connectivity index (χ4n) is 1.21. The van der Waals surface area contributed by atoms with Crippen molar-refractivity contribution >= 4 is 5.84 Å². The lowest BCUT2D eigenvalue weighted by Crippen LogP contribution is -2.21. The molecular weight excluding hydrogens is 210 g/mol. The average molecular weight is 227 g/mol. The van der Waals surface area contributed by atoms with E-state index in [2.05, 4.69) is 20.6 Å². The minimum atomic E-state index is 0.260. The van der Waals surface area contributed by atoms with E-state index in [1.54, 1.807) is 6.92 Å². The summed E-state index contributed by atoms with van der Waals surface area (Å²) in [5.41, 5.74) is 5.32. The van der Waals surface area contributed by atoms with Crippen molar-refractivity contribution in [1.29, 1.82) is 0 Å². The summed E-state index contributed by atoms with van der Waals surface area (Å²) in [5.74, 6) is 1.55. The van der Waals surface area contributed by atoms with E-state index in [4.69, 9.17) is 15.5 Å².